The SMILES string of the molecule is CN=C(NCCc1ccc(Cl)cc1)NCc1ccc(S(=O)(=O)N(C)C)cc1. The van der Waals surface area contributed by atoms with E-state index in [0.29, 0.717) is 12.5 Å². The van der Waals surface area contributed by atoms with E-state index in [4.69, 9.17) is 11.6 Å². The Morgan fingerprint density at radius 2 is 1.59 bits per heavy atom. The second-order valence-corrected chi connectivity index (χ2v) is 8.75. The van der Waals surface area contributed by atoms with E-state index in [1.54, 1.807) is 31.3 Å². The summed E-state index contributed by atoms with van der Waals surface area (Å²) in [6.07, 6.45) is 0.856. The molecule has 146 valence electrons. The van der Waals surface area contributed by atoms with Gasteiger partial charge >= 0.3 is 0 Å². The highest BCUT2D eigenvalue weighted by atomic mass is 35.5. The molecule has 0 spiro atoms. The van der Waals surface area contributed by atoms with Crippen LogP contribution in [0.2, 0.25) is 5.02 Å². The third-order valence-corrected chi connectivity index (χ3v) is 6.09. The molecule has 0 atom stereocenters. The van der Waals surface area contributed by atoms with Gasteiger partial charge in [0.2, 0.25) is 10.0 Å². The highest BCUT2D eigenvalue weighted by molar-refractivity contribution is 7.89. The molecule has 2 N–H and O–H groups in total. The lowest BCUT2D eigenvalue weighted by molar-refractivity contribution is 0.520. The van der Waals surface area contributed by atoms with E-state index in [1.807, 2.05) is 24.3 Å². The van der Waals surface area contributed by atoms with Gasteiger partial charge < -0.3 is 10.6 Å². The molecule has 0 saturated heterocycles. The predicted octanol–water partition coefficient (Wildman–Crippen LogP) is 2.50. The first kappa shape index (κ1) is 21.2. The first-order valence-electron chi connectivity index (χ1n) is 8.53. The van der Waals surface area contributed by atoms with Crippen molar-refractivity contribution in [2.45, 2.75) is 17.9 Å². The summed E-state index contributed by atoms with van der Waals surface area (Å²) in [5, 5.41) is 7.21. The van der Waals surface area contributed by atoms with E-state index in [2.05, 4.69) is 15.6 Å². The van der Waals surface area contributed by atoms with Gasteiger partial charge in [0.15, 0.2) is 5.96 Å². The van der Waals surface area contributed by atoms with E-state index < -0.39 is 10.0 Å². The minimum absolute atomic E-state index is 0.279. The normalized spacial score (nSPS) is 12.3. The molecule has 2 aromatic rings. The summed E-state index contributed by atoms with van der Waals surface area (Å²) in [5.41, 5.74) is 2.16. The summed E-state index contributed by atoms with van der Waals surface area (Å²) in [4.78, 5) is 4.48. The van der Waals surface area contributed by atoms with Crippen LogP contribution in [0.25, 0.3) is 0 Å². The Morgan fingerprint density at radius 1 is 1.00 bits per heavy atom. The fraction of sp³-hybridized carbons (Fsp3) is 0.316. The average molecular weight is 409 g/mol. The molecule has 0 fully saturated rings. The first-order chi connectivity index (χ1) is 12.8. The molecule has 0 radical (unpaired) electrons. The summed E-state index contributed by atoms with van der Waals surface area (Å²) in [6.45, 7) is 1.28. The van der Waals surface area contributed by atoms with Crippen molar-refractivity contribution in [1.29, 1.82) is 0 Å². The van der Waals surface area contributed by atoms with Crippen LogP contribution in [0.3, 0.4) is 0 Å². The fourth-order valence-electron chi connectivity index (χ4n) is 2.37. The molecular formula is C19H25ClN4O2S. The third-order valence-electron chi connectivity index (χ3n) is 4.00. The number of hydrogen-bond acceptors (Lipinski definition) is 3. The van der Waals surface area contributed by atoms with Crippen LogP contribution < -0.4 is 10.6 Å². The van der Waals surface area contributed by atoms with E-state index in [9.17, 15) is 8.42 Å². The maximum atomic E-state index is 12.1. The minimum Gasteiger partial charge on any atom is -0.356 e. The number of hydrogen-bond donors (Lipinski definition) is 2. The van der Waals surface area contributed by atoms with Crippen LogP contribution in [0.5, 0.6) is 0 Å². The lowest BCUT2D eigenvalue weighted by Gasteiger charge is -2.13. The van der Waals surface area contributed by atoms with Crippen molar-refractivity contribution in [1.82, 2.24) is 14.9 Å². The van der Waals surface area contributed by atoms with Gasteiger partial charge in [-0.3, -0.25) is 4.99 Å². The minimum atomic E-state index is -3.40. The van der Waals surface area contributed by atoms with E-state index in [-0.39, 0.29) is 4.90 Å². The van der Waals surface area contributed by atoms with Gasteiger partial charge in [-0.05, 0) is 41.8 Å². The monoisotopic (exact) mass is 408 g/mol. The average Bonchev–Trinajstić information content (AvgIpc) is 2.66. The summed E-state index contributed by atoms with van der Waals surface area (Å²) in [6, 6.07) is 14.6. The number of nitrogens with one attached hydrogen (secondary N) is 2. The molecule has 2 rings (SSSR count). The Hall–Kier alpha value is -2.09. The summed E-state index contributed by atoms with van der Waals surface area (Å²) in [5.74, 6) is 0.689. The number of guanidine groups is 1. The number of aliphatic imine (C=N–C) groups is 1. The highest BCUT2D eigenvalue weighted by Crippen LogP contribution is 2.14. The standard InChI is InChI=1S/C19H25ClN4O2S/c1-21-19(22-13-12-15-4-8-17(20)9-5-15)23-14-16-6-10-18(11-7-16)27(25,26)24(2)3/h4-11H,12-14H2,1-3H3,(H2,21,22,23). The second kappa shape index (κ2) is 9.73. The van der Waals surface area contributed by atoms with E-state index in [1.165, 1.54) is 24.0 Å². The van der Waals surface area contributed by atoms with Gasteiger partial charge in [-0.2, -0.15) is 0 Å². The van der Waals surface area contributed by atoms with Crippen LogP contribution in [0.1, 0.15) is 11.1 Å². The zero-order chi connectivity index (χ0) is 19.9. The predicted molar refractivity (Wildman–Crippen MR) is 111 cm³/mol. The molecule has 0 amide bonds. The quantitative estimate of drug-likeness (QED) is 0.545. The van der Waals surface area contributed by atoms with Crippen LogP contribution in [-0.4, -0.2) is 46.4 Å². The summed E-state index contributed by atoms with van der Waals surface area (Å²) >= 11 is 5.89. The van der Waals surface area contributed by atoms with Crippen molar-refractivity contribution in [2.24, 2.45) is 4.99 Å². The van der Waals surface area contributed by atoms with Crippen LogP contribution in [0.15, 0.2) is 58.4 Å². The lowest BCUT2D eigenvalue weighted by Crippen LogP contribution is -2.37. The van der Waals surface area contributed by atoms with Crippen LogP contribution >= 0.6 is 11.6 Å². The van der Waals surface area contributed by atoms with E-state index in [0.717, 1.165) is 23.6 Å². The summed E-state index contributed by atoms with van der Waals surface area (Å²) in [7, 11) is 1.35. The maximum Gasteiger partial charge on any atom is 0.242 e. The van der Waals surface area contributed by atoms with Crippen molar-refractivity contribution in [3.8, 4) is 0 Å². The number of nitrogens with zero attached hydrogens (tertiary/aromatic N) is 2. The van der Waals surface area contributed by atoms with Gasteiger partial charge in [0.05, 0.1) is 4.90 Å². The molecule has 0 aliphatic rings. The topological polar surface area (TPSA) is 73.8 Å². The Bertz CT molecular complexity index is 864. The molecule has 0 heterocycles. The number of benzene rings is 2. The largest absolute Gasteiger partial charge is 0.356 e. The molecule has 0 bridgehead atoms. The first-order valence-corrected chi connectivity index (χ1v) is 10.3. The van der Waals surface area contributed by atoms with Crippen molar-refractivity contribution in [3.05, 3.63) is 64.7 Å². The van der Waals surface area contributed by atoms with Crippen LogP contribution in [0, 0.1) is 0 Å². The zero-order valence-electron chi connectivity index (χ0n) is 15.7. The molecule has 2 aromatic carbocycles. The van der Waals surface area contributed by atoms with Crippen LogP contribution in [0.4, 0.5) is 0 Å². The zero-order valence-corrected chi connectivity index (χ0v) is 17.3. The molecule has 0 aliphatic carbocycles. The molecule has 27 heavy (non-hydrogen) atoms. The molecule has 8 heteroatoms. The van der Waals surface area contributed by atoms with Gasteiger partial charge in [-0.15, -0.1) is 0 Å². The Labute approximate surface area is 166 Å². The molecule has 0 aromatic heterocycles. The number of rotatable bonds is 7. The Kier molecular flexibility index (Phi) is 7.65. The van der Waals surface area contributed by atoms with Crippen molar-refractivity contribution in [2.75, 3.05) is 27.7 Å². The fourth-order valence-corrected chi connectivity index (χ4v) is 3.40. The van der Waals surface area contributed by atoms with Crippen LogP contribution in [-0.2, 0) is 23.0 Å². The number of halogens is 1. The lowest BCUT2D eigenvalue weighted by atomic mass is 10.1. The van der Waals surface area contributed by atoms with Gasteiger partial charge in [0.25, 0.3) is 0 Å². The summed E-state index contributed by atoms with van der Waals surface area (Å²) < 4.78 is 25.4. The highest BCUT2D eigenvalue weighted by Gasteiger charge is 2.16. The Balaban J connectivity index is 1.84. The van der Waals surface area contributed by atoms with Crippen molar-refractivity contribution in [3.63, 3.8) is 0 Å². The molecular weight excluding hydrogens is 384 g/mol. The smallest absolute Gasteiger partial charge is 0.242 e. The van der Waals surface area contributed by atoms with Crippen molar-refractivity contribution < 1.29 is 8.42 Å². The maximum absolute atomic E-state index is 12.1. The second-order valence-electron chi connectivity index (χ2n) is 6.16. The van der Waals surface area contributed by atoms with Gasteiger partial charge in [-0.25, -0.2) is 12.7 Å². The van der Waals surface area contributed by atoms with Gasteiger partial charge in [-0.1, -0.05) is 35.9 Å². The Morgan fingerprint density at radius 3 is 2.15 bits per heavy atom. The van der Waals surface area contributed by atoms with E-state index >= 15 is 0 Å². The third kappa shape index (κ3) is 6.23. The molecule has 6 nitrogen and oxygen atoms in total. The molecule has 0 saturated carbocycles. The van der Waals surface area contributed by atoms with Gasteiger partial charge in [0.1, 0.15) is 0 Å². The number of sulfonamides is 1. The molecule has 0 aliphatic heterocycles. The van der Waals surface area contributed by atoms with Crippen molar-refractivity contribution >= 4 is 27.6 Å². The molecule has 0 unspecified atom stereocenters. The van der Waals surface area contributed by atoms with Gasteiger partial charge in [0, 0.05) is 39.3 Å².